The van der Waals surface area contributed by atoms with Crippen LogP contribution in [-0.2, 0) is 17.9 Å². The van der Waals surface area contributed by atoms with Gasteiger partial charge in [-0.05, 0) is 32.6 Å². The summed E-state index contributed by atoms with van der Waals surface area (Å²) in [7, 11) is 3.96. The summed E-state index contributed by atoms with van der Waals surface area (Å²) < 4.78 is 7.37. The molecule has 0 bridgehead atoms. The van der Waals surface area contributed by atoms with Gasteiger partial charge in [-0.3, -0.25) is 9.48 Å². The number of carbonyl (C=O) groups excluding carboxylic acids is 1. The quantitative estimate of drug-likeness (QED) is 0.711. The summed E-state index contributed by atoms with van der Waals surface area (Å²) in [6, 6.07) is 9.60. The van der Waals surface area contributed by atoms with Gasteiger partial charge in [0.25, 0.3) is 0 Å². The molecule has 1 aromatic carbocycles. The summed E-state index contributed by atoms with van der Waals surface area (Å²) in [5.74, 6) is 0.881. The maximum atomic E-state index is 11.7. The highest BCUT2D eigenvalue weighted by Crippen LogP contribution is 2.10. The van der Waals surface area contributed by atoms with Crippen molar-refractivity contribution in [1.82, 2.24) is 25.2 Å². The maximum Gasteiger partial charge on any atom is 0.220 e. The van der Waals surface area contributed by atoms with Crippen molar-refractivity contribution < 1.29 is 9.53 Å². The minimum absolute atomic E-state index is 0.0737. The summed E-state index contributed by atoms with van der Waals surface area (Å²) in [6.07, 6.45) is 3.08. The lowest BCUT2D eigenvalue weighted by molar-refractivity contribution is -0.121. The van der Waals surface area contributed by atoms with Crippen molar-refractivity contribution in [3.8, 4) is 5.75 Å². The molecule has 24 heavy (non-hydrogen) atoms. The Morgan fingerprint density at radius 2 is 2.08 bits per heavy atom. The van der Waals surface area contributed by atoms with Crippen LogP contribution in [0.15, 0.2) is 36.5 Å². The molecule has 0 aliphatic heterocycles. The Morgan fingerprint density at radius 1 is 1.29 bits per heavy atom. The van der Waals surface area contributed by atoms with Gasteiger partial charge in [0.05, 0.1) is 6.20 Å². The number of benzene rings is 1. The van der Waals surface area contributed by atoms with Gasteiger partial charge in [-0.25, -0.2) is 0 Å². The molecule has 2 rings (SSSR count). The van der Waals surface area contributed by atoms with Crippen molar-refractivity contribution in [2.75, 3.05) is 27.2 Å². The van der Waals surface area contributed by atoms with Crippen LogP contribution in [0, 0.1) is 0 Å². The van der Waals surface area contributed by atoms with Crippen LogP contribution in [0.4, 0.5) is 0 Å². The molecule has 7 nitrogen and oxygen atoms in total. The first kappa shape index (κ1) is 17.9. The third-order valence-electron chi connectivity index (χ3n) is 3.39. The molecular formula is C17H25N5O2. The van der Waals surface area contributed by atoms with E-state index in [9.17, 15) is 4.79 Å². The van der Waals surface area contributed by atoms with Crippen molar-refractivity contribution in [2.24, 2.45) is 0 Å². The van der Waals surface area contributed by atoms with Gasteiger partial charge in [-0.15, -0.1) is 5.10 Å². The molecule has 2 aromatic rings. The average Bonchev–Trinajstić information content (AvgIpc) is 3.01. The number of rotatable bonds is 10. The van der Waals surface area contributed by atoms with Crippen molar-refractivity contribution in [3.63, 3.8) is 0 Å². The third kappa shape index (κ3) is 6.78. The number of ether oxygens (including phenoxy) is 1. The molecule has 0 spiro atoms. The Morgan fingerprint density at radius 3 is 2.83 bits per heavy atom. The van der Waals surface area contributed by atoms with Crippen LogP contribution in [0.25, 0.3) is 0 Å². The van der Waals surface area contributed by atoms with Crippen LogP contribution in [0.2, 0.25) is 0 Å². The van der Waals surface area contributed by atoms with Gasteiger partial charge in [0.2, 0.25) is 5.91 Å². The molecular weight excluding hydrogens is 306 g/mol. The van der Waals surface area contributed by atoms with E-state index in [1.165, 1.54) is 0 Å². The number of nitrogens with zero attached hydrogens (tertiary/aromatic N) is 4. The van der Waals surface area contributed by atoms with Gasteiger partial charge in [-0.2, -0.15) is 0 Å². The van der Waals surface area contributed by atoms with Gasteiger partial charge in [-0.1, -0.05) is 23.4 Å². The highest BCUT2D eigenvalue weighted by molar-refractivity contribution is 5.75. The maximum absolute atomic E-state index is 11.7. The molecule has 0 radical (unpaired) electrons. The first-order valence-corrected chi connectivity index (χ1v) is 8.12. The van der Waals surface area contributed by atoms with E-state index in [0.717, 1.165) is 24.4 Å². The second-order valence-electron chi connectivity index (χ2n) is 5.83. The topological polar surface area (TPSA) is 72.3 Å². The van der Waals surface area contributed by atoms with Crippen LogP contribution in [-0.4, -0.2) is 53.0 Å². The number of hydrogen-bond acceptors (Lipinski definition) is 5. The number of para-hydroxylation sites is 1. The van der Waals surface area contributed by atoms with Crippen LogP contribution in [0.1, 0.15) is 18.5 Å². The second kappa shape index (κ2) is 9.67. The second-order valence-corrected chi connectivity index (χ2v) is 5.83. The molecule has 7 heteroatoms. The molecule has 130 valence electrons. The molecule has 0 saturated heterocycles. The predicted molar refractivity (Wildman–Crippen MR) is 91.6 cm³/mol. The van der Waals surface area contributed by atoms with E-state index < -0.39 is 0 Å². The molecule has 1 N–H and O–H groups in total. The number of likely N-dealkylation sites (N-methyl/N-ethyl adjacent to an activating group) is 1. The zero-order valence-corrected chi connectivity index (χ0v) is 14.3. The van der Waals surface area contributed by atoms with E-state index >= 15 is 0 Å². The van der Waals surface area contributed by atoms with Gasteiger partial charge in [0.1, 0.15) is 18.1 Å². The smallest absolute Gasteiger partial charge is 0.220 e. The van der Waals surface area contributed by atoms with Crippen molar-refractivity contribution >= 4 is 5.91 Å². The fourth-order valence-electron chi connectivity index (χ4n) is 2.10. The Kier molecular flexibility index (Phi) is 7.22. The Hall–Kier alpha value is -2.41. The zero-order valence-electron chi connectivity index (χ0n) is 14.3. The van der Waals surface area contributed by atoms with Crippen LogP contribution >= 0.6 is 0 Å². The van der Waals surface area contributed by atoms with Crippen molar-refractivity contribution in [1.29, 1.82) is 0 Å². The zero-order chi connectivity index (χ0) is 17.2. The number of aryl methyl sites for hydroxylation is 1. The standard InChI is InChI=1S/C17H25N5O2/c1-21(2)12-10-18-17(23)9-6-11-22-13-15(19-20-22)14-24-16-7-4-3-5-8-16/h3-5,7-8,13H,6,9-12,14H2,1-2H3,(H,18,23). The number of carbonyl (C=O) groups is 1. The molecule has 0 saturated carbocycles. The van der Waals surface area contributed by atoms with Gasteiger partial charge < -0.3 is 15.0 Å². The number of amides is 1. The largest absolute Gasteiger partial charge is 0.487 e. The highest BCUT2D eigenvalue weighted by atomic mass is 16.5. The summed E-state index contributed by atoms with van der Waals surface area (Å²) in [5.41, 5.74) is 0.772. The number of hydrogen-bond donors (Lipinski definition) is 1. The average molecular weight is 331 g/mol. The molecule has 0 atom stereocenters. The minimum atomic E-state index is 0.0737. The Bertz CT molecular complexity index is 612. The van der Waals surface area contributed by atoms with Crippen molar-refractivity contribution in [3.05, 3.63) is 42.2 Å². The van der Waals surface area contributed by atoms with Crippen LogP contribution in [0.5, 0.6) is 5.75 Å². The first-order chi connectivity index (χ1) is 11.6. The summed E-state index contributed by atoms with van der Waals surface area (Å²) in [5, 5.41) is 11.0. The summed E-state index contributed by atoms with van der Waals surface area (Å²) in [4.78, 5) is 13.7. The van der Waals surface area contributed by atoms with E-state index in [2.05, 4.69) is 15.6 Å². The monoisotopic (exact) mass is 331 g/mol. The number of nitrogens with one attached hydrogen (secondary N) is 1. The van der Waals surface area contributed by atoms with E-state index in [-0.39, 0.29) is 5.91 Å². The van der Waals surface area contributed by atoms with Gasteiger partial charge >= 0.3 is 0 Å². The first-order valence-electron chi connectivity index (χ1n) is 8.12. The fourth-order valence-corrected chi connectivity index (χ4v) is 2.10. The summed E-state index contributed by atoms with van der Waals surface area (Å²) >= 11 is 0. The molecule has 0 aliphatic carbocycles. The lowest BCUT2D eigenvalue weighted by Gasteiger charge is -2.10. The predicted octanol–water partition coefficient (Wildman–Crippen LogP) is 1.32. The normalized spacial score (nSPS) is 10.8. The van der Waals surface area contributed by atoms with Crippen molar-refractivity contribution in [2.45, 2.75) is 26.0 Å². The third-order valence-corrected chi connectivity index (χ3v) is 3.39. The lowest BCUT2D eigenvalue weighted by Crippen LogP contribution is -2.31. The Balaban J connectivity index is 1.64. The van der Waals surface area contributed by atoms with Crippen LogP contribution < -0.4 is 10.1 Å². The fraction of sp³-hybridized carbons (Fsp3) is 0.471. The van der Waals surface area contributed by atoms with Gasteiger partial charge in [0, 0.05) is 26.1 Å². The van der Waals surface area contributed by atoms with E-state index in [1.54, 1.807) is 4.68 Å². The minimum Gasteiger partial charge on any atom is -0.487 e. The molecule has 0 fully saturated rings. The van der Waals surface area contributed by atoms with Crippen LogP contribution in [0.3, 0.4) is 0 Å². The molecule has 1 amide bonds. The van der Waals surface area contributed by atoms with Gasteiger partial charge in [0.15, 0.2) is 0 Å². The van der Waals surface area contributed by atoms with E-state index in [1.807, 2.05) is 55.5 Å². The summed E-state index contributed by atoms with van der Waals surface area (Å²) in [6.45, 7) is 2.57. The van der Waals surface area contributed by atoms with E-state index in [4.69, 9.17) is 4.74 Å². The highest BCUT2D eigenvalue weighted by Gasteiger charge is 2.04. The molecule has 0 aliphatic rings. The SMILES string of the molecule is CN(C)CCNC(=O)CCCn1cc(COc2ccccc2)nn1. The molecule has 1 heterocycles. The number of aromatic nitrogens is 3. The van der Waals surface area contributed by atoms with E-state index in [0.29, 0.717) is 26.1 Å². The lowest BCUT2D eigenvalue weighted by atomic mass is 10.3. The molecule has 1 aromatic heterocycles. The molecule has 0 unspecified atom stereocenters. The Labute approximate surface area is 142 Å².